The Hall–Kier alpha value is -1.88. The predicted octanol–water partition coefficient (Wildman–Crippen LogP) is 5.28. The SMILES string of the molecule is COc1ccc(CN2CCN(C3CCC34CCNCC4)C(c3ccccc3CC(C)C)C2)cc1. The van der Waals surface area contributed by atoms with E-state index in [4.69, 9.17) is 4.74 Å². The van der Waals surface area contributed by atoms with Crippen molar-refractivity contribution in [3.8, 4) is 5.75 Å². The van der Waals surface area contributed by atoms with E-state index in [-0.39, 0.29) is 0 Å². The lowest BCUT2D eigenvalue weighted by molar-refractivity contribution is -0.0905. The molecule has 5 rings (SSSR count). The number of nitrogens with zero attached hydrogens (tertiary/aromatic N) is 2. The molecule has 3 fully saturated rings. The van der Waals surface area contributed by atoms with Crippen LogP contribution in [0.5, 0.6) is 5.75 Å². The molecule has 2 atom stereocenters. The zero-order chi connectivity index (χ0) is 23.5. The van der Waals surface area contributed by atoms with Gasteiger partial charge >= 0.3 is 0 Å². The number of hydrogen-bond donors (Lipinski definition) is 1. The molecule has 1 aliphatic carbocycles. The molecule has 2 heterocycles. The maximum atomic E-state index is 5.37. The van der Waals surface area contributed by atoms with E-state index in [1.807, 2.05) is 0 Å². The lowest BCUT2D eigenvalue weighted by atomic mass is 9.58. The predicted molar refractivity (Wildman–Crippen MR) is 140 cm³/mol. The van der Waals surface area contributed by atoms with Crippen molar-refractivity contribution in [1.29, 1.82) is 0 Å². The van der Waals surface area contributed by atoms with E-state index in [0.717, 1.165) is 31.4 Å². The minimum atomic E-state index is 0.485. The second kappa shape index (κ2) is 10.4. The molecule has 0 bridgehead atoms. The molecule has 0 amide bonds. The Balaban J connectivity index is 1.41. The molecular weight excluding hydrogens is 418 g/mol. The fourth-order valence-corrected chi connectivity index (χ4v) is 6.83. The molecule has 2 aliphatic heterocycles. The monoisotopic (exact) mass is 461 g/mol. The van der Waals surface area contributed by atoms with Gasteiger partial charge in [-0.25, -0.2) is 0 Å². The molecule has 2 saturated heterocycles. The van der Waals surface area contributed by atoms with Crippen molar-refractivity contribution < 1.29 is 4.74 Å². The number of piperidine rings is 1. The van der Waals surface area contributed by atoms with E-state index in [0.29, 0.717) is 17.4 Å². The topological polar surface area (TPSA) is 27.7 Å². The highest BCUT2D eigenvalue weighted by atomic mass is 16.5. The number of benzene rings is 2. The molecule has 4 nitrogen and oxygen atoms in total. The summed E-state index contributed by atoms with van der Waals surface area (Å²) in [7, 11) is 1.74. The third-order valence-electron chi connectivity index (χ3n) is 8.74. The summed E-state index contributed by atoms with van der Waals surface area (Å²) < 4.78 is 5.37. The standard InChI is InChI=1S/C30H43N3O/c1-23(2)20-25-6-4-5-7-27(25)28-22-32(21-24-8-10-26(34-3)11-9-24)18-19-33(28)29-12-13-30(29)14-16-31-17-15-30/h4-11,23,28-29,31H,12-22H2,1-3H3. The average Bonchev–Trinajstić information content (AvgIpc) is 2.85. The van der Waals surface area contributed by atoms with Crippen molar-refractivity contribution in [2.45, 2.75) is 64.6 Å². The van der Waals surface area contributed by atoms with Crippen molar-refractivity contribution in [3.63, 3.8) is 0 Å². The molecule has 1 N–H and O–H groups in total. The highest BCUT2D eigenvalue weighted by Crippen LogP contribution is 2.53. The maximum Gasteiger partial charge on any atom is 0.118 e. The van der Waals surface area contributed by atoms with Crippen molar-refractivity contribution in [2.75, 3.05) is 39.8 Å². The highest BCUT2D eigenvalue weighted by Gasteiger charge is 2.51. The second-order valence-electron chi connectivity index (χ2n) is 11.3. The molecule has 0 radical (unpaired) electrons. The summed E-state index contributed by atoms with van der Waals surface area (Å²) in [5, 5.41) is 3.61. The lowest BCUT2D eigenvalue weighted by Crippen LogP contribution is -2.63. The third kappa shape index (κ3) is 4.91. The third-order valence-corrected chi connectivity index (χ3v) is 8.74. The first kappa shape index (κ1) is 23.8. The quantitative estimate of drug-likeness (QED) is 0.607. The van der Waals surface area contributed by atoms with Crippen LogP contribution >= 0.6 is 0 Å². The molecular formula is C30H43N3O. The van der Waals surface area contributed by atoms with E-state index in [9.17, 15) is 0 Å². The molecule has 0 aromatic heterocycles. The van der Waals surface area contributed by atoms with Crippen LogP contribution in [0.25, 0.3) is 0 Å². The molecule has 1 spiro atoms. The summed E-state index contributed by atoms with van der Waals surface area (Å²) in [6, 6.07) is 19.2. The fraction of sp³-hybridized carbons (Fsp3) is 0.600. The molecule has 1 saturated carbocycles. The zero-order valence-corrected chi connectivity index (χ0v) is 21.4. The Morgan fingerprint density at radius 2 is 1.76 bits per heavy atom. The van der Waals surface area contributed by atoms with E-state index < -0.39 is 0 Å². The van der Waals surface area contributed by atoms with E-state index in [1.165, 1.54) is 57.3 Å². The van der Waals surface area contributed by atoms with Crippen LogP contribution in [0, 0.1) is 11.3 Å². The van der Waals surface area contributed by atoms with Crippen molar-refractivity contribution in [2.24, 2.45) is 11.3 Å². The van der Waals surface area contributed by atoms with E-state index >= 15 is 0 Å². The summed E-state index contributed by atoms with van der Waals surface area (Å²) in [6.45, 7) is 11.6. The van der Waals surface area contributed by atoms with Crippen molar-refractivity contribution in [1.82, 2.24) is 15.1 Å². The van der Waals surface area contributed by atoms with E-state index in [2.05, 4.69) is 77.5 Å². The number of hydrogen-bond acceptors (Lipinski definition) is 4. The fourth-order valence-electron chi connectivity index (χ4n) is 6.83. The second-order valence-corrected chi connectivity index (χ2v) is 11.3. The van der Waals surface area contributed by atoms with Crippen LogP contribution in [0.4, 0.5) is 0 Å². The van der Waals surface area contributed by atoms with E-state index in [1.54, 1.807) is 18.2 Å². The Labute approximate surface area is 206 Å². The number of ether oxygens (including phenoxy) is 1. The lowest BCUT2D eigenvalue weighted by Gasteiger charge is -2.60. The highest BCUT2D eigenvalue weighted by molar-refractivity contribution is 5.32. The van der Waals surface area contributed by atoms with Gasteiger partial charge in [0, 0.05) is 38.3 Å². The first-order valence-corrected chi connectivity index (χ1v) is 13.5. The summed E-state index contributed by atoms with van der Waals surface area (Å²) in [4.78, 5) is 5.63. The molecule has 2 aromatic rings. The summed E-state index contributed by atoms with van der Waals surface area (Å²) in [5.74, 6) is 1.61. The molecule has 184 valence electrons. The van der Waals surface area contributed by atoms with Crippen LogP contribution in [0.2, 0.25) is 0 Å². The van der Waals surface area contributed by atoms with Gasteiger partial charge in [-0.1, -0.05) is 50.2 Å². The minimum Gasteiger partial charge on any atom is -0.497 e. The van der Waals surface area contributed by atoms with Gasteiger partial charge in [0.15, 0.2) is 0 Å². The number of rotatable bonds is 7. The van der Waals surface area contributed by atoms with Crippen LogP contribution < -0.4 is 10.1 Å². The van der Waals surface area contributed by atoms with Gasteiger partial charge in [-0.3, -0.25) is 9.80 Å². The summed E-state index contributed by atoms with van der Waals surface area (Å²) in [6.07, 6.45) is 6.67. The number of piperazine rings is 1. The Kier molecular flexibility index (Phi) is 7.29. The molecule has 2 aromatic carbocycles. The average molecular weight is 462 g/mol. The van der Waals surface area contributed by atoms with Gasteiger partial charge in [-0.2, -0.15) is 0 Å². The molecule has 3 aliphatic rings. The largest absolute Gasteiger partial charge is 0.497 e. The summed E-state index contributed by atoms with van der Waals surface area (Å²) in [5.41, 5.74) is 5.06. The van der Waals surface area contributed by atoms with Gasteiger partial charge in [-0.15, -0.1) is 0 Å². The normalized spacial score (nSPS) is 25.4. The van der Waals surface area contributed by atoms with Crippen LogP contribution in [0.15, 0.2) is 48.5 Å². The van der Waals surface area contributed by atoms with Gasteiger partial charge in [0.2, 0.25) is 0 Å². The van der Waals surface area contributed by atoms with Crippen LogP contribution in [-0.4, -0.2) is 55.7 Å². The Morgan fingerprint density at radius 1 is 1.00 bits per heavy atom. The van der Waals surface area contributed by atoms with Gasteiger partial charge in [0.25, 0.3) is 0 Å². The van der Waals surface area contributed by atoms with Crippen LogP contribution in [-0.2, 0) is 13.0 Å². The van der Waals surface area contributed by atoms with Crippen molar-refractivity contribution in [3.05, 3.63) is 65.2 Å². The first-order chi connectivity index (χ1) is 16.6. The number of nitrogens with one attached hydrogen (secondary N) is 1. The minimum absolute atomic E-state index is 0.485. The van der Waals surface area contributed by atoms with Gasteiger partial charge in [-0.05, 0) is 85.3 Å². The summed E-state index contributed by atoms with van der Waals surface area (Å²) >= 11 is 0. The van der Waals surface area contributed by atoms with Crippen LogP contribution in [0.3, 0.4) is 0 Å². The molecule has 4 heteroatoms. The Bertz CT molecular complexity index is 934. The van der Waals surface area contributed by atoms with Crippen LogP contribution in [0.1, 0.15) is 62.3 Å². The van der Waals surface area contributed by atoms with Gasteiger partial charge < -0.3 is 10.1 Å². The van der Waals surface area contributed by atoms with Gasteiger partial charge in [0.1, 0.15) is 5.75 Å². The molecule has 34 heavy (non-hydrogen) atoms. The Morgan fingerprint density at radius 3 is 2.44 bits per heavy atom. The number of methoxy groups -OCH3 is 1. The van der Waals surface area contributed by atoms with Crippen molar-refractivity contribution >= 4 is 0 Å². The first-order valence-electron chi connectivity index (χ1n) is 13.5. The molecule has 2 unspecified atom stereocenters. The van der Waals surface area contributed by atoms with Gasteiger partial charge in [0.05, 0.1) is 7.11 Å². The maximum absolute atomic E-state index is 5.37. The smallest absolute Gasteiger partial charge is 0.118 e. The zero-order valence-electron chi connectivity index (χ0n) is 21.4.